The molecule has 3 heterocycles. The Morgan fingerprint density at radius 2 is 2.29 bits per heavy atom. The van der Waals surface area contributed by atoms with E-state index in [9.17, 15) is 9.59 Å². The zero-order chi connectivity index (χ0) is 17.1. The zero-order valence-electron chi connectivity index (χ0n) is 13.1. The number of furan rings is 1. The number of carbonyl (C=O) groups is 1. The number of aryl methyl sites for hydroxylation is 1. The average molecular weight is 329 g/mol. The third-order valence-corrected chi connectivity index (χ3v) is 3.05. The van der Waals surface area contributed by atoms with E-state index in [2.05, 4.69) is 20.4 Å². The molecule has 0 saturated heterocycles. The molecule has 0 aliphatic rings. The minimum atomic E-state index is -0.639. The number of aromatic amines is 1. The van der Waals surface area contributed by atoms with Crippen LogP contribution in [0, 0.1) is 6.92 Å². The van der Waals surface area contributed by atoms with E-state index < -0.39 is 6.09 Å². The highest BCUT2D eigenvalue weighted by atomic mass is 16.5. The van der Waals surface area contributed by atoms with Gasteiger partial charge in [-0.05, 0) is 26.0 Å². The highest BCUT2D eigenvalue weighted by Gasteiger charge is 2.17. The number of carbonyl (C=O) groups excluding carboxylic acids is 1. The first-order valence-corrected chi connectivity index (χ1v) is 7.23. The summed E-state index contributed by atoms with van der Waals surface area (Å²) in [4.78, 5) is 30.2. The van der Waals surface area contributed by atoms with Crippen LogP contribution in [-0.4, -0.2) is 32.4 Å². The predicted octanol–water partition coefficient (Wildman–Crippen LogP) is 2.09. The van der Waals surface area contributed by atoms with Crippen LogP contribution >= 0.6 is 0 Å². The second-order valence-electron chi connectivity index (χ2n) is 4.86. The van der Waals surface area contributed by atoms with Gasteiger partial charge in [0, 0.05) is 17.8 Å². The molecule has 0 atom stereocenters. The molecule has 2 N–H and O–H groups in total. The molecule has 9 nitrogen and oxygen atoms in total. The van der Waals surface area contributed by atoms with Gasteiger partial charge >= 0.3 is 6.09 Å². The van der Waals surface area contributed by atoms with Crippen LogP contribution in [0.15, 0.2) is 39.7 Å². The number of H-pyrrole nitrogens is 1. The molecule has 124 valence electrons. The summed E-state index contributed by atoms with van der Waals surface area (Å²) in [5.74, 6) is 0.967. The van der Waals surface area contributed by atoms with Gasteiger partial charge in [-0.3, -0.25) is 15.1 Å². The van der Waals surface area contributed by atoms with Gasteiger partial charge in [-0.2, -0.15) is 9.78 Å². The number of hydrogen-bond acceptors (Lipinski definition) is 6. The molecule has 1 amide bonds. The van der Waals surface area contributed by atoms with Crippen molar-refractivity contribution in [1.82, 2.24) is 19.7 Å². The summed E-state index contributed by atoms with van der Waals surface area (Å²) in [6, 6.07) is 6.41. The Morgan fingerprint density at radius 3 is 2.96 bits per heavy atom. The van der Waals surface area contributed by atoms with Crippen molar-refractivity contribution >= 4 is 11.9 Å². The molecule has 3 rings (SSSR count). The lowest BCUT2D eigenvalue weighted by atomic mass is 10.3. The molecule has 0 radical (unpaired) electrons. The van der Waals surface area contributed by atoms with E-state index in [1.807, 2.05) is 0 Å². The fraction of sp³-hybridized carbons (Fsp3) is 0.200. The van der Waals surface area contributed by atoms with Gasteiger partial charge in [-0.25, -0.2) is 9.78 Å². The molecule has 0 spiro atoms. The standard InChI is InChI=1S/C15H15N5O4/c1-3-23-15(22)17-12-8-10(11-5-4-6-24-11)19-20(12)14-16-9(2)7-13(21)18-14/h4-8H,3H2,1-2H3,(H,17,22)(H,16,18,21). The summed E-state index contributed by atoms with van der Waals surface area (Å²) in [7, 11) is 0. The molecule has 0 unspecified atom stereocenters. The van der Waals surface area contributed by atoms with Crippen LogP contribution in [0.3, 0.4) is 0 Å². The van der Waals surface area contributed by atoms with Crippen molar-refractivity contribution in [3.8, 4) is 17.4 Å². The fourth-order valence-electron chi connectivity index (χ4n) is 2.11. The number of amides is 1. The van der Waals surface area contributed by atoms with Crippen molar-refractivity contribution in [2.45, 2.75) is 13.8 Å². The third-order valence-electron chi connectivity index (χ3n) is 3.05. The van der Waals surface area contributed by atoms with E-state index in [0.717, 1.165) is 0 Å². The fourth-order valence-corrected chi connectivity index (χ4v) is 2.11. The van der Waals surface area contributed by atoms with Crippen LogP contribution in [0.4, 0.5) is 10.6 Å². The van der Waals surface area contributed by atoms with Crippen molar-refractivity contribution in [3.63, 3.8) is 0 Å². The minimum Gasteiger partial charge on any atom is -0.463 e. The molecule has 0 aliphatic heterocycles. The lowest BCUT2D eigenvalue weighted by molar-refractivity contribution is 0.167. The maximum absolute atomic E-state index is 11.7. The number of aromatic nitrogens is 4. The summed E-state index contributed by atoms with van der Waals surface area (Å²) in [6.45, 7) is 3.61. The van der Waals surface area contributed by atoms with Crippen LogP contribution in [0.1, 0.15) is 12.6 Å². The highest BCUT2D eigenvalue weighted by molar-refractivity contribution is 5.84. The van der Waals surface area contributed by atoms with Crippen molar-refractivity contribution in [3.05, 3.63) is 46.6 Å². The highest BCUT2D eigenvalue weighted by Crippen LogP contribution is 2.24. The molecule has 0 aromatic carbocycles. The van der Waals surface area contributed by atoms with E-state index in [1.54, 1.807) is 32.0 Å². The number of hydrogen-bond donors (Lipinski definition) is 2. The molecular weight excluding hydrogens is 314 g/mol. The second-order valence-corrected chi connectivity index (χ2v) is 4.86. The SMILES string of the molecule is CCOC(=O)Nc1cc(-c2ccco2)nn1-c1nc(C)cc(=O)[nH]1. The van der Waals surface area contributed by atoms with Gasteiger partial charge in [-0.1, -0.05) is 0 Å². The molecule has 0 saturated carbocycles. The largest absolute Gasteiger partial charge is 0.463 e. The quantitative estimate of drug-likeness (QED) is 0.757. The van der Waals surface area contributed by atoms with Gasteiger partial charge in [0.05, 0.1) is 12.9 Å². The third kappa shape index (κ3) is 3.19. The first-order chi connectivity index (χ1) is 11.6. The van der Waals surface area contributed by atoms with Crippen LogP contribution in [0.2, 0.25) is 0 Å². The van der Waals surface area contributed by atoms with E-state index in [4.69, 9.17) is 9.15 Å². The van der Waals surface area contributed by atoms with Gasteiger partial charge in [0.1, 0.15) is 11.5 Å². The first-order valence-electron chi connectivity index (χ1n) is 7.23. The topological polar surface area (TPSA) is 115 Å². The average Bonchev–Trinajstić information content (AvgIpc) is 3.15. The molecule has 9 heteroatoms. The number of rotatable bonds is 4. The van der Waals surface area contributed by atoms with Gasteiger partial charge in [0.25, 0.3) is 5.56 Å². The predicted molar refractivity (Wildman–Crippen MR) is 85.1 cm³/mol. The van der Waals surface area contributed by atoms with E-state index in [1.165, 1.54) is 17.0 Å². The monoisotopic (exact) mass is 329 g/mol. The summed E-state index contributed by atoms with van der Waals surface area (Å²) in [5.41, 5.74) is 0.663. The molecule has 3 aromatic heterocycles. The normalized spacial score (nSPS) is 10.6. The Morgan fingerprint density at radius 1 is 1.46 bits per heavy atom. The maximum Gasteiger partial charge on any atom is 0.412 e. The Labute approximate surface area is 136 Å². The van der Waals surface area contributed by atoms with E-state index in [-0.39, 0.29) is 23.9 Å². The van der Waals surface area contributed by atoms with Gasteiger partial charge in [-0.15, -0.1) is 0 Å². The Hall–Kier alpha value is -3.36. The number of nitrogens with zero attached hydrogens (tertiary/aromatic N) is 3. The zero-order valence-corrected chi connectivity index (χ0v) is 13.1. The second kappa shape index (κ2) is 6.41. The summed E-state index contributed by atoms with van der Waals surface area (Å²) >= 11 is 0. The van der Waals surface area contributed by atoms with Crippen molar-refractivity contribution < 1.29 is 13.9 Å². The van der Waals surface area contributed by atoms with Crippen LogP contribution < -0.4 is 10.9 Å². The summed E-state index contributed by atoms with van der Waals surface area (Å²) in [5, 5.41) is 6.91. The Bertz CT molecular complexity index is 910. The summed E-state index contributed by atoms with van der Waals surface area (Å²) < 4.78 is 11.5. The lowest BCUT2D eigenvalue weighted by Crippen LogP contribution is -2.19. The van der Waals surface area contributed by atoms with Crippen LogP contribution in [-0.2, 0) is 4.74 Å². The van der Waals surface area contributed by atoms with E-state index in [0.29, 0.717) is 17.1 Å². The van der Waals surface area contributed by atoms with Gasteiger partial charge in [0.15, 0.2) is 5.76 Å². The van der Waals surface area contributed by atoms with Crippen LogP contribution in [0.5, 0.6) is 0 Å². The maximum atomic E-state index is 11.7. The molecule has 0 aliphatic carbocycles. The van der Waals surface area contributed by atoms with Gasteiger partial charge in [0.2, 0.25) is 5.95 Å². The van der Waals surface area contributed by atoms with Crippen LogP contribution in [0.25, 0.3) is 17.4 Å². The summed E-state index contributed by atoms with van der Waals surface area (Å²) in [6.07, 6.45) is 0.874. The Kier molecular flexibility index (Phi) is 4.15. The van der Waals surface area contributed by atoms with Gasteiger partial charge < -0.3 is 9.15 Å². The smallest absolute Gasteiger partial charge is 0.412 e. The molecule has 3 aromatic rings. The lowest BCUT2D eigenvalue weighted by Gasteiger charge is -2.07. The number of anilines is 1. The number of ether oxygens (including phenoxy) is 1. The Balaban J connectivity index is 2.08. The minimum absolute atomic E-state index is 0.171. The number of nitrogens with one attached hydrogen (secondary N) is 2. The van der Waals surface area contributed by atoms with Crippen molar-refractivity contribution in [2.75, 3.05) is 11.9 Å². The molecular formula is C15H15N5O4. The van der Waals surface area contributed by atoms with E-state index >= 15 is 0 Å². The van der Waals surface area contributed by atoms with Crippen molar-refractivity contribution in [1.29, 1.82) is 0 Å². The van der Waals surface area contributed by atoms with Crippen molar-refractivity contribution in [2.24, 2.45) is 0 Å². The molecule has 24 heavy (non-hydrogen) atoms. The molecule has 0 bridgehead atoms. The molecule has 0 fully saturated rings. The first kappa shape index (κ1) is 15.5.